The van der Waals surface area contributed by atoms with Crippen LogP contribution in [0.4, 0.5) is 5.13 Å². The summed E-state index contributed by atoms with van der Waals surface area (Å²) in [5, 5.41) is 14.8. The Bertz CT molecular complexity index is 768. The smallest absolute Gasteiger partial charge is 0.251 e. The molecule has 0 spiro atoms. The number of ether oxygens (including phenoxy) is 1. The molecule has 2 amide bonds. The number of nitrogens with one attached hydrogen (secondary N) is 2. The minimum absolute atomic E-state index is 0.0773. The Morgan fingerprint density at radius 1 is 1.23 bits per heavy atom. The molecule has 2 aromatic rings. The van der Waals surface area contributed by atoms with E-state index in [1.807, 2.05) is 20.8 Å². The lowest BCUT2D eigenvalue weighted by Crippen LogP contribution is -2.25. The summed E-state index contributed by atoms with van der Waals surface area (Å²) in [5.74, 6) is 0.385. The molecule has 2 rings (SSSR count). The fraction of sp³-hybridized carbons (Fsp3) is 0.444. The second-order valence-electron chi connectivity index (χ2n) is 7.02. The molecule has 7 nitrogen and oxygen atoms in total. The van der Waals surface area contributed by atoms with E-state index in [9.17, 15) is 9.59 Å². The van der Waals surface area contributed by atoms with Gasteiger partial charge in [-0.2, -0.15) is 0 Å². The van der Waals surface area contributed by atoms with Gasteiger partial charge >= 0.3 is 0 Å². The minimum Gasteiger partial charge on any atom is -0.497 e. The van der Waals surface area contributed by atoms with Crippen LogP contribution in [-0.2, 0) is 11.2 Å². The molecule has 26 heavy (non-hydrogen) atoms. The number of rotatable bonds is 7. The van der Waals surface area contributed by atoms with Gasteiger partial charge in [0.15, 0.2) is 0 Å². The normalized spacial score (nSPS) is 11.1. The number of carbonyl (C=O) groups excluding carboxylic acids is 2. The summed E-state index contributed by atoms with van der Waals surface area (Å²) in [6, 6.07) is 6.97. The quantitative estimate of drug-likeness (QED) is 0.775. The number of methoxy groups -OCH3 is 1. The molecule has 0 aliphatic carbocycles. The van der Waals surface area contributed by atoms with E-state index >= 15 is 0 Å². The molecule has 0 saturated carbocycles. The molecule has 140 valence electrons. The van der Waals surface area contributed by atoms with Crippen molar-refractivity contribution in [3.05, 3.63) is 34.8 Å². The highest BCUT2D eigenvalue weighted by atomic mass is 32.1. The van der Waals surface area contributed by atoms with Gasteiger partial charge in [-0.25, -0.2) is 0 Å². The predicted molar refractivity (Wildman–Crippen MR) is 102 cm³/mol. The second kappa shape index (κ2) is 8.75. The fourth-order valence-electron chi connectivity index (χ4n) is 2.20. The lowest BCUT2D eigenvalue weighted by Gasteiger charge is -2.16. The molecule has 0 saturated heterocycles. The van der Waals surface area contributed by atoms with E-state index in [1.165, 1.54) is 11.3 Å². The highest BCUT2D eigenvalue weighted by molar-refractivity contribution is 7.15. The Morgan fingerprint density at radius 3 is 2.69 bits per heavy atom. The van der Waals surface area contributed by atoms with Crippen molar-refractivity contribution in [2.45, 2.75) is 33.6 Å². The lowest BCUT2D eigenvalue weighted by molar-refractivity contribution is -0.117. The number of aromatic nitrogens is 2. The minimum atomic E-state index is -0.174. The van der Waals surface area contributed by atoms with Crippen molar-refractivity contribution in [3.8, 4) is 5.75 Å². The molecule has 1 aromatic heterocycles. The third kappa shape index (κ3) is 6.44. The highest BCUT2D eigenvalue weighted by Gasteiger charge is 2.17. The number of carbonyl (C=O) groups is 2. The molecule has 0 unspecified atom stereocenters. The summed E-state index contributed by atoms with van der Waals surface area (Å²) in [6.07, 6.45) is 0.959. The number of benzene rings is 1. The van der Waals surface area contributed by atoms with Crippen molar-refractivity contribution in [2.24, 2.45) is 5.41 Å². The predicted octanol–water partition coefficient (Wildman–Crippen LogP) is 2.89. The largest absolute Gasteiger partial charge is 0.497 e. The van der Waals surface area contributed by atoms with Crippen LogP contribution in [0.1, 0.15) is 42.6 Å². The molecule has 2 N–H and O–H groups in total. The summed E-state index contributed by atoms with van der Waals surface area (Å²) < 4.78 is 5.11. The monoisotopic (exact) mass is 376 g/mol. The van der Waals surface area contributed by atoms with Crippen LogP contribution in [0.25, 0.3) is 0 Å². The van der Waals surface area contributed by atoms with Crippen LogP contribution >= 0.6 is 11.3 Å². The average molecular weight is 376 g/mol. The molecule has 0 bridgehead atoms. The van der Waals surface area contributed by atoms with Crippen LogP contribution in [0, 0.1) is 5.41 Å². The number of amides is 2. The molecule has 8 heteroatoms. The summed E-state index contributed by atoms with van der Waals surface area (Å²) in [5.41, 5.74) is 0.457. The first kappa shape index (κ1) is 19.8. The van der Waals surface area contributed by atoms with E-state index < -0.39 is 0 Å². The summed E-state index contributed by atoms with van der Waals surface area (Å²) in [7, 11) is 1.56. The van der Waals surface area contributed by atoms with Crippen molar-refractivity contribution in [1.82, 2.24) is 15.5 Å². The Labute approximate surface area is 157 Å². The van der Waals surface area contributed by atoms with Crippen molar-refractivity contribution >= 4 is 28.3 Å². The summed E-state index contributed by atoms with van der Waals surface area (Å²) >= 11 is 1.32. The van der Waals surface area contributed by atoms with Gasteiger partial charge in [-0.1, -0.05) is 38.2 Å². The number of hydrogen-bond donors (Lipinski definition) is 2. The molecule has 0 atom stereocenters. The first-order valence-electron chi connectivity index (χ1n) is 8.31. The van der Waals surface area contributed by atoms with Crippen molar-refractivity contribution in [2.75, 3.05) is 19.0 Å². The first-order valence-corrected chi connectivity index (χ1v) is 9.13. The van der Waals surface area contributed by atoms with Gasteiger partial charge in [0.2, 0.25) is 11.0 Å². The van der Waals surface area contributed by atoms with Gasteiger partial charge in [-0.15, -0.1) is 10.2 Å². The van der Waals surface area contributed by atoms with Crippen LogP contribution in [0.15, 0.2) is 24.3 Å². The van der Waals surface area contributed by atoms with E-state index in [4.69, 9.17) is 4.74 Å². The van der Waals surface area contributed by atoms with Crippen LogP contribution in [-0.4, -0.2) is 35.7 Å². The molecular formula is C18H24N4O3S. The Hall–Kier alpha value is -2.48. The van der Waals surface area contributed by atoms with Crippen molar-refractivity contribution < 1.29 is 14.3 Å². The maximum absolute atomic E-state index is 12.1. The van der Waals surface area contributed by atoms with Gasteiger partial charge in [0.25, 0.3) is 5.91 Å². The molecule has 1 heterocycles. The Kier molecular flexibility index (Phi) is 6.68. The second-order valence-corrected chi connectivity index (χ2v) is 8.09. The fourth-order valence-corrected chi connectivity index (χ4v) is 2.96. The van der Waals surface area contributed by atoms with Gasteiger partial charge in [0.1, 0.15) is 10.8 Å². The van der Waals surface area contributed by atoms with Gasteiger partial charge in [0.05, 0.1) is 7.11 Å². The number of anilines is 1. The lowest BCUT2D eigenvalue weighted by atomic mass is 9.92. The van der Waals surface area contributed by atoms with E-state index in [2.05, 4.69) is 20.8 Å². The Morgan fingerprint density at radius 2 is 2.00 bits per heavy atom. The standard InChI is InChI=1S/C18H24N4O3S/c1-18(2,3)11-14(23)20-17-22-21-15(26-17)8-9-19-16(24)12-6-5-7-13(10-12)25-4/h5-7,10H,8-9,11H2,1-4H3,(H,19,24)(H,20,22,23). The summed E-state index contributed by atoms with van der Waals surface area (Å²) in [4.78, 5) is 24.0. The van der Waals surface area contributed by atoms with Crippen molar-refractivity contribution in [1.29, 1.82) is 0 Å². The molecule has 1 aromatic carbocycles. The topological polar surface area (TPSA) is 93.2 Å². The third-order valence-electron chi connectivity index (χ3n) is 3.36. The zero-order valence-corrected chi connectivity index (χ0v) is 16.3. The van der Waals surface area contributed by atoms with E-state index in [0.29, 0.717) is 35.8 Å². The zero-order valence-electron chi connectivity index (χ0n) is 15.5. The highest BCUT2D eigenvalue weighted by Crippen LogP contribution is 2.21. The molecule has 0 radical (unpaired) electrons. The van der Waals surface area contributed by atoms with Crippen LogP contribution in [0.5, 0.6) is 5.75 Å². The average Bonchev–Trinajstić information content (AvgIpc) is 3.00. The third-order valence-corrected chi connectivity index (χ3v) is 4.26. The van der Waals surface area contributed by atoms with E-state index in [0.717, 1.165) is 5.01 Å². The number of hydrogen-bond acceptors (Lipinski definition) is 6. The van der Waals surface area contributed by atoms with E-state index in [1.54, 1.807) is 31.4 Å². The number of nitrogens with zero attached hydrogens (tertiary/aromatic N) is 2. The maximum atomic E-state index is 12.1. The van der Waals surface area contributed by atoms with Gasteiger partial charge in [-0.3, -0.25) is 9.59 Å². The maximum Gasteiger partial charge on any atom is 0.251 e. The van der Waals surface area contributed by atoms with Crippen molar-refractivity contribution in [3.63, 3.8) is 0 Å². The van der Waals surface area contributed by atoms with Crippen LogP contribution < -0.4 is 15.4 Å². The molecular weight excluding hydrogens is 352 g/mol. The Balaban J connectivity index is 1.80. The molecule has 0 aliphatic heterocycles. The zero-order chi connectivity index (χ0) is 19.2. The SMILES string of the molecule is COc1cccc(C(=O)NCCc2nnc(NC(=O)CC(C)(C)C)s2)c1. The molecule has 0 fully saturated rings. The van der Waals surface area contributed by atoms with Gasteiger partial charge in [0, 0.05) is 24.9 Å². The van der Waals surface area contributed by atoms with Gasteiger partial charge < -0.3 is 15.4 Å². The summed E-state index contributed by atoms with van der Waals surface area (Å²) in [6.45, 7) is 6.44. The molecule has 0 aliphatic rings. The van der Waals surface area contributed by atoms with Crippen LogP contribution in [0.3, 0.4) is 0 Å². The first-order chi connectivity index (χ1) is 12.3. The van der Waals surface area contributed by atoms with Gasteiger partial charge in [-0.05, 0) is 23.6 Å². The van der Waals surface area contributed by atoms with E-state index in [-0.39, 0.29) is 17.2 Å². The van der Waals surface area contributed by atoms with Crippen LogP contribution in [0.2, 0.25) is 0 Å².